The van der Waals surface area contributed by atoms with Crippen LogP contribution in [0.2, 0.25) is 0 Å². The van der Waals surface area contributed by atoms with E-state index >= 15 is 0 Å². The van der Waals surface area contributed by atoms with Crippen LogP contribution in [-0.4, -0.2) is 23.8 Å². The maximum atomic E-state index is 13.5. The molecule has 1 aromatic heterocycles. The van der Waals surface area contributed by atoms with Crippen LogP contribution < -0.4 is 4.74 Å². The van der Waals surface area contributed by atoms with Crippen molar-refractivity contribution in [1.29, 1.82) is 0 Å². The molecule has 5 heteroatoms. The molecule has 0 aliphatic rings. The monoisotopic (exact) mass is 239 g/mol. The summed E-state index contributed by atoms with van der Waals surface area (Å²) in [5.74, 6) is -3.52. The SMILES string of the molecule is COc1nc2ccccc2cc1C(F)(F)CO. The van der Waals surface area contributed by atoms with E-state index in [2.05, 4.69) is 4.98 Å². The van der Waals surface area contributed by atoms with Gasteiger partial charge in [-0.2, -0.15) is 8.78 Å². The van der Waals surface area contributed by atoms with Crippen LogP contribution in [0.5, 0.6) is 5.88 Å². The fourth-order valence-electron chi connectivity index (χ4n) is 1.60. The molecule has 0 spiro atoms. The number of aliphatic hydroxyl groups excluding tert-OH is 1. The van der Waals surface area contributed by atoms with Crippen LogP contribution >= 0.6 is 0 Å². The number of aromatic nitrogens is 1. The molecule has 0 atom stereocenters. The molecule has 0 aliphatic carbocycles. The summed E-state index contributed by atoms with van der Waals surface area (Å²) in [6.45, 7) is -1.27. The fourth-order valence-corrected chi connectivity index (χ4v) is 1.60. The molecule has 0 radical (unpaired) electrons. The quantitative estimate of drug-likeness (QED) is 0.893. The molecule has 1 N–H and O–H groups in total. The normalized spacial score (nSPS) is 11.8. The van der Waals surface area contributed by atoms with Crippen molar-refractivity contribution in [3.63, 3.8) is 0 Å². The molecular formula is C12H11F2NO2. The third-order valence-electron chi connectivity index (χ3n) is 2.47. The molecule has 90 valence electrons. The lowest BCUT2D eigenvalue weighted by molar-refractivity contribution is -0.0573. The molecule has 17 heavy (non-hydrogen) atoms. The Morgan fingerprint density at radius 2 is 2.06 bits per heavy atom. The highest BCUT2D eigenvalue weighted by Crippen LogP contribution is 2.35. The molecule has 0 saturated heterocycles. The lowest BCUT2D eigenvalue weighted by atomic mass is 10.1. The van der Waals surface area contributed by atoms with Crippen molar-refractivity contribution in [3.05, 3.63) is 35.9 Å². The molecule has 2 rings (SSSR count). The van der Waals surface area contributed by atoms with Crippen molar-refractivity contribution in [1.82, 2.24) is 4.98 Å². The van der Waals surface area contributed by atoms with Crippen LogP contribution in [0.1, 0.15) is 5.56 Å². The van der Waals surface area contributed by atoms with E-state index in [-0.39, 0.29) is 5.88 Å². The van der Waals surface area contributed by atoms with Crippen molar-refractivity contribution in [2.24, 2.45) is 0 Å². The first-order valence-corrected chi connectivity index (χ1v) is 5.01. The lowest BCUT2D eigenvalue weighted by Crippen LogP contribution is -2.20. The number of nitrogens with zero attached hydrogens (tertiary/aromatic N) is 1. The third kappa shape index (κ3) is 2.06. The topological polar surface area (TPSA) is 42.4 Å². The van der Waals surface area contributed by atoms with Gasteiger partial charge in [-0.15, -0.1) is 0 Å². The summed E-state index contributed by atoms with van der Waals surface area (Å²) >= 11 is 0. The lowest BCUT2D eigenvalue weighted by Gasteiger charge is -2.16. The summed E-state index contributed by atoms with van der Waals surface area (Å²) in [6, 6.07) is 8.17. The smallest absolute Gasteiger partial charge is 0.300 e. The number of halogens is 2. The number of rotatable bonds is 3. The number of alkyl halides is 2. The first kappa shape index (κ1) is 11.7. The number of hydrogen-bond donors (Lipinski definition) is 1. The van der Waals surface area contributed by atoms with E-state index in [0.29, 0.717) is 10.9 Å². The molecule has 0 fully saturated rings. The summed E-state index contributed by atoms with van der Waals surface area (Å²) in [6.07, 6.45) is 0. The Hall–Kier alpha value is -1.75. The minimum atomic E-state index is -3.36. The standard InChI is InChI=1S/C12H11F2NO2/c1-17-11-9(12(13,14)7-16)6-8-4-2-3-5-10(8)15-11/h2-6,16H,7H2,1H3. The largest absolute Gasteiger partial charge is 0.481 e. The van der Waals surface area contributed by atoms with Crippen LogP contribution in [0.25, 0.3) is 10.9 Å². The Bertz CT molecular complexity index is 543. The van der Waals surface area contributed by atoms with E-state index in [1.54, 1.807) is 24.3 Å². The third-order valence-corrected chi connectivity index (χ3v) is 2.47. The van der Waals surface area contributed by atoms with Gasteiger partial charge >= 0.3 is 5.92 Å². The number of hydrogen-bond acceptors (Lipinski definition) is 3. The van der Waals surface area contributed by atoms with Crippen molar-refractivity contribution in [2.75, 3.05) is 13.7 Å². The molecule has 3 nitrogen and oxygen atoms in total. The first-order valence-electron chi connectivity index (χ1n) is 5.01. The Kier molecular flexibility index (Phi) is 2.93. The summed E-state index contributed by atoms with van der Waals surface area (Å²) in [4.78, 5) is 3.99. The van der Waals surface area contributed by atoms with Crippen molar-refractivity contribution < 1.29 is 18.6 Å². The number of methoxy groups -OCH3 is 1. The van der Waals surface area contributed by atoms with Crippen LogP contribution in [-0.2, 0) is 5.92 Å². The summed E-state index contributed by atoms with van der Waals surface area (Å²) in [7, 11) is 1.27. The molecule has 1 aromatic carbocycles. The maximum Gasteiger partial charge on any atom is 0.300 e. The predicted octanol–water partition coefficient (Wildman–Crippen LogP) is 2.33. The highest BCUT2D eigenvalue weighted by molar-refractivity contribution is 5.80. The average molecular weight is 239 g/mol. The van der Waals surface area contributed by atoms with Gasteiger partial charge < -0.3 is 9.84 Å². The minimum absolute atomic E-state index is 0.164. The van der Waals surface area contributed by atoms with E-state index in [1.165, 1.54) is 13.2 Å². The van der Waals surface area contributed by atoms with E-state index in [0.717, 1.165) is 0 Å². The summed E-state index contributed by atoms with van der Waals surface area (Å²) in [5.41, 5.74) is 0.169. The van der Waals surface area contributed by atoms with Gasteiger partial charge in [0.15, 0.2) is 0 Å². The van der Waals surface area contributed by atoms with E-state index < -0.39 is 18.1 Å². The number of ether oxygens (including phenoxy) is 1. The Morgan fingerprint density at radius 1 is 1.35 bits per heavy atom. The zero-order valence-electron chi connectivity index (χ0n) is 9.15. The predicted molar refractivity (Wildman–Crippen MR) is 59.3 cm³/mol. The number of para-hydroxylation sites is 1. The fraction of sp³-hybridized carbons (Fsp3) is 0.250. The van der Waals surface area contributed by atoms with Gasteiger partial charge in [0.2, 0.25) is 5.88 Å². The van der Waals surface area contributed by atoms with Gasteiger partial charge in [0.1, 0.15) is 6.61 Å². The first-order chi connectivity index (χ1) is 8.08. The Labute approximate surface area is 96.7 Å². The number of pyridine rings is 1. The second-order valence-electron chi connectivity index (χ2n) is 3.60. The summed E-state index contributed by atoms with van der Waals surface area (Å²) in [5, 5.41) is 9.29. The average Bonchev–Trinajstić information content (AvgIpc) is 2.37. The van der Waals surface area contributed by atoms with Gasteiger partial charge in [0.05, 0.1) is 18.2 Å². The molecule has 0 saturated carbocycles. The van der Waals surface area contributed by atoms with Gasteiger partial charge in [-0.05, 0) is 12.1 Å². The maximum absolute atomic E-state index is 13.5. The molecule has 0 unspecified atom stereocenters. The number of fused-ring (bicyclic) bond motifs is 1. The van der Waals surface area contributed by atoms with Gasteiger partial charge in [-0.3, -0.25) is 0 Å². The van der Waals surface area contributed by atoms with E-state index in [1.807, 2.05) is 0 Å². The molecule has 1 heterocycles. The molecule has 0 bridgehead atoms. The molecular weight excluding hydrogens is 228 g/mol. The van der Waals surface area contributed by atoms with Crippen LogP contribution in [0.15, 0.2) is 30.3 Å². The Morgan fingerprint density at radius 3 is 2.71 bits per heavy atom. The molecule has 2 aromatic rings. The van der Waals surface area contributed by atoms with Crippen LogP contribution in [0.3, 0.4) is 0 Å². The van der Waals surface area contributed by atoms with E-state index in [9.17, 15) is 8.78 Å². The zero-order valence-corrected chi connectivity index (χ0v) is 9.15. The van der Waals surface area contributed by atoms with Gasteiger partial charge in [-0.25, -0.2) is 4.98 Å². The van der Waals surface area contributed by atoms with Crippen molar-refractivity contribution >= 4 is 10.9 Å². The molecule has 0 aliphatic heterocycles. The highest BCUT2D eigenvalue weighted by Gasteiger charge is 2.35. The zero-order chi connectivity index (χ0) is 12.5. The molecule has 0 amide bonds. The number of aliphatic hydroxyl groups is 1. The van der Waals surface area contributed by atoms with Crippen molar-refractivity contribution in [3.8, 4) is 5.88 Å². The number of benzene rings is 1. The van der Waals surface area contributed by atoms with Gasteiger partial charge in [0.25, 0.3) is 0 Å². The van der Waals surface area contributed by atoms with Crippen LogP contribution in [0.4, 0.5) is 8.78 Å². The second kappa shape index (κ2) is 4.25. The summed E-state index contributed by atoms with van der Waals surface area (Å²) < 4.78 is 31.8. The van der Waals surface area contributed by atoms with Gasteiger partial charge in [0, 0.05) is 5.39 Å². The minimum Gasteiger partial charge on any atom is -0.481 e. The Balaban J connectivity index is 2.69. The second-order valence-corrected chi connectivity index (χ2v) is 3.60. The van der Waals surface area contributed by atoms with Crippen LogP contribution in [0, 0.1) is 0 Å². The highest BCUT2D eigenvalue weighted by atomic mass is 19.3. The van der Waals surface area contributed by atoms with E-state index in [4.69, 9.17) is 9.84 Å². The van der Waals surface area contributed by atoms with Crippen molar-refractivity contribution in [2.45, 2.75) is 5.92 Å². The van der Waals surface area contributed by atoms with Gasteiger partial charge in [-0.1, -0.05) is 18.2 Å².